The number of likely N-dealkylation sites (tertiary alicyclic amines) is 1. The van der Waals surface area contributed by atoms with E-state index in [1.165, 1.54) is 19.3 Å². The molecule has 2 fully saturated rings. The molecule has 0 aromatic heterocycles. The summed E-state index contributed by atoms with van der Waals surface area (Å²) < 4.78 is 5.15. The van der Waals surface area contributed by atoms with Crippen molar-refractivity contribution in [2.75, 3.05) is 31.6 Å². The van der Waals surface area contributed by atoms with Crippen LogP contribution >= 0.6 is 0 Å². The van der Waals surface area contributed by atoms with Crippen LogP contribution in [-0.4, -0.2) is 43.8 Å². The molecule has 1 aromatic rings. The van der Waals surface area contributed by atoms with E-state index in [0.717, 1.165) is 24.5 Å². The summed E-state index contributed by atoms with van der Waals surface area (Å²) in [5, 5.41) is 3.08. The predicted molar refractivity (Wildman–Crippen MR) is 78.1 cm³/mol. The van der Waals surface area contributed by atoms with Crippen molar-refractivity contribution in [1.82, 2.24) is 10.2 Å². The van der Waals surface area contributed by atoms with Crippen LogP contribution in [0.25, 0.3) is 0 Å². The molecule has 108 valence electrons. The van der Waals surface area contributed by atoms with Crippen LogP contribution in [0.4, 0.5) is 10.5 Å². The fourth-order valence-corrected chi connectivity index (χ4v) is 2.94. The summed E-state index contributed by atoms with van der Waals surface area (Å²) in [6.45, 7) is 2.88. The standard InChI is InChI=1S/C15H21N3O2/c1-20-13-7-5-12(6-8-13)18-11-14(16-15(18)19)17-9-3-2-4-10-17/h5-8,14H,2-4,9-11H2,1H3,(H,16,19). The van der Waals surface area contributed by atoms with Crippen LogP contribution in [0.3, 0.4) is 0 Å². The number of carbonyl (C=O) groups excluding carboxylic acids is 1. The van der Waals surface area contributed by atoms with Crippen LogP contribution in [0.15, 0.2) is 24.3 Å². The number of urea groups is 1. The van der Waals surface area contributed by atoms with Crippen molar-refractivity contribution in [2.24, 2.45) is 0 Å². The van der Waals surface area contributed by atoms with Gasteiger partial charge in [-0.1, -0.05) is 6.42 Å². The number of benzene rings is 1. The van der Waals surface area contributed by atoms with E-state index in [-0.39, 0.29) is 12.2 Å². The lowest BCUT2D eigenvalue weighted by molar-refractivity contribution is 0.160. The normalized spacial score (nSPS) is 23.8. The number of anilines is 1. The lowest BCUT2D eigenvalue weighted by Crippen LogP contribution is -2.46. The number of nitrogens with one attached hydrogen (secondary N) is 1. The minimum absolute atomic E-state index is 0.00857. The zero-order valence-corrected chi connectivity index (χ0v) is 11.8. The molecule has 2 heterocycles. The number of hydrogen-bond acceptors (Lipinski definition) is 3. The highest BCUT2D eigenvalue weighted by Gasteiger charge is 2.33. The molecule has 0 radical (unpaired) electrons. The minimum atomic E-state index is -0.00857. The van der Waals surface area contributed by atoms with Gasteiger partial charge in [0.2, 0.25) is 0 Å². The number of ether oxygens (including phenoxy) is 1. The Morgan fingerprint density at radius 2 is 1.85 bits per heavy atom. The highest BCUT2D eigenvalue weighted by atomic mass is 16.5. The van der Waals surface area contributed by atoms with Crippen molar-refractivity contribution in [3.05, 3.63) is 24.3 Å². The van der Waals surface area contributed by atoms with Gasteiger partial charge in [0.05, 0.1) is 13.7 Å². The van der Waals surface area contributed by atoms with E-state index >= 15 is 0 Å². The number of piperidine rings is 1. The van der Waals surface area contributed by atoms with Crippen molar-refractivity contribution in [3.8, 4) is 5.75 Å². The van der Waals surface area contributed by atoms with Crippen molar-refractivity contribution >= 4 is 11.7 Å². The molecule has 1 unspecified atom stereocenters. The molecule has 0 saturated carbocycles. The van der Waals surface area contributed by atoms with Gasteiger partial charge in [0.1, 0.15) is 11.9 Å². The SMILES string of the molecule is COc1ccc(N2CC(N3CCCCC3)NC2=O)cc1. The maximum absolute atomic E-state index is 12.1. The molecule has 0 bridgehead atoms. The Balaban J connectivity index is 1.69. The third-order valence-electron chi connectivity index (χ3n) is 4.11. The topological polar surface area (TPSA) is 44.8 Å². The molecule has 0 aliphatic carbocycles. The highest BCUT2D eigenvalue weighted by Crippen LogP contribution is 2.23. The highest BCUT2D eigenvalue weighted by molar-refractivity contribution is 5.94. The fourth-order valence-electron chi connectivity index (χ4n) is 2.94. The van der Waals surface area contributed by atoms with Crippen molar-refractivity contribution in [3.63, 3.8) is 0 Å². The number of hydrogen-bond donors (Lipinski definition) is 1. The molecule has 5 nitrogen and oxygen atoms in total. The third-order valence-corrected chi connectivity index (χ3v) is 4.11. The minimum Gasteiger partial charge on any atom is -0.497 e. The average molecular weight is 275 g/mol. The van der Waals surface area contributed by atoms with Gasteiger partial charge in [-0.2, -0.15) is 0 Å². The van der Waals surface area contributed by atoms with Gasteiger partial charge < -0.3 is 10.1 Å². The molecule has 2 aliphatic rings. The second-order valence-corrected chi connectivity index (χ2v) is 5.37. The number of nitrogens with zero attached hydrogens (tertiary/aromatic N) is 2. The fraction of sp³-hybridized carbons (Fsp3) is 0.533. The summed E-state index contributed by atoms with van der Waals surface area (Å²) in [4.78, 5) is 16.3. The maximum Gasteiger partial charge on any atom is 0.323 e. The van der Waals surface area contributed by atoms with Gasteiger partial charge in [-0.25, -0.2) is 4.79 Å². The van der Waals surface area contributed by atoms with Crippen LogP contribution in [0.2, 0.25) is 0 Å². The van der Waals surface area contributed by atoms with Gasteiger partial charge >= 0.3 is 6.03 Å². The van der Waals surface area contributed by atoms with Gasteiger partial charge in [-0.3, -0.25) is 9.80 Å². The smallest absolute Gasteiger partial charge is 0.323 e. The molecule has 0 spiro atoms. The summed E-state index contributed by atoms with van der Waals surface area (Å²) >= 11 is 0. The van der Waals surface area contributed by atoms with E-state index in [4.69, 9.17) is 4.74 Å². The number of rotatable bonds is 3. The number of methoxy groups -OCH3 is 1. The third kappa shape index (κ3) is 2.58. The lowest BCUT2D eigenvalue weighted by Gasteiger charge is -2.31. The Bertz CT molecular complexity index is 469. The van der Waals surface area contributed by atoms with Gasteiger partial charge in [-0.05, 0) is 37.1 Å². The maximum atomic E-state index is 12.1. The zero-order chi connectivity index (χ0) is 13.9. The summed E-state index contributed by atoms with van der Waals surface area (Å²) in [5.74, 6) is 0.806. The first-order valence-corrected chi connectivity index (χ1v) is 7.24. The summed E-state index contributed by atoms with van der Waals surface area (Å²) in [6, 6.07) is 7.62. The lowest BCUT2D eigenvalue weighted by atomic mass is 10.1. The van der Waals surface area contributed by atoms with Crippen LogP contribution in [0.1, 0.15) is 19.3 Å². The Labute approximate surface area is 119 Å². The van der Waals surface area contributed by atoms with Crippen LogP contribution in [0, 0.1) is 0 Å². The number of amides is 2. The Kier molecular flexibility index (Phi) is 3.78. The van der Waals surface area contributed by atoms with Crippen molar-refractivity contribution in [1.29, 1.82) is 0 Å². The number of carbonyl (C=O) groups is 1. The van der Waals surface area contributed by atoms with E-state index in [9.17, 15) is 4.79 Å². The molecule has 3 rings (SSSR count). The van der Waals surface area contributed by atoms with Crippen molar-refractivity contribution < 1.29 is 9.53 Å². The summed E-state index contributed by atoms with van der Waals surface area (Å²) in [5.41, 5.74) is 0.919. The van der Waals surface area contributed by atoms with Gasteiger partial charge in [-0.15, -0.1) is 0 Å². The Morgan fingerprint density at radius 1 is 1.15 bits per heavy atom. The second kappa shape index (κ2) is 5.71. The molecular weight excluding hydrogens is 254 g/mol. The van der Waals surface area contributed by atoms with E-state index in [1.807, 2.05) is 24.3 Å². The van der Waals surface area contributed by atoms with E-state index in [2.05, 4.69) is 10.2 Å². The average Bonchev–Trinajstić information content (AvgIpc) is 2.90. The quantitative estimate of drug-likeness (QED) is 0.918. The van der Waals surface area contributed by atoms with Crippen molar-refractivity contribution in [2.45, 2.75) is 25.4 Å². The molecule has 20 heavy (non-hydrogen) atoms. The second-order valence-electron chi connectivity index (χ2n) is 5.37. The largest absolute Gasteiger partial charge is 0.497 e. The van der Waals surface area contributed by atoms with Crippen LogP contribution in [0.5, 0.6) is 5.75 Å². The monoisotopic (exact) mass is 275 g/mol. The molecule has 2 amide bonds. The molecule has 2 aliphatic heterocycles. The first kappa shape index (κ1) is 13.2. The van der Waals surface area contributed by atoms with Crippen LogP contribution in [-0.2, 0) is 0 Å². The van der Waals surface area contributed by atoms with Gasteiger partial charge in [0.25, 0.3) is 0 Å². The molecule has 1 aromatic carbocycles. The molecule has 1 atom stereocenters. The molecular formula is C15H21N3O2. The van der Waals surface area contributed by atoms with E-state index < -0.39 is 0 Å². The van der Waals surface area contributed by atoms with Crippen LogP contribution < -0.4 is 15.0 Å². The molecule has 2 saturated heterocycles. The Morgan fingerprint density at radius 3 is 2.50 bits per heavy atom. The zero-order valence-electron chi connectivity index (χ0n) is 11.8. The summed E-state index contributed by atoms with van der Waals surface area (Å²) in [6.07, 6.45) is 3.91. The first-order chi connectivity index (χ1) is 9.78. The van der Waals surface area contributed by atoms with E-state index in [1.54, 1.807) is 12.0 Å². The van der Waals surface area contributed by atoms with E-state index in [0.29, 0.717) is 6.54 Å². The first-order valence-electron chi connectivity index (χ1n) is 7.24. The molecule has 5 heteroatoms. The Hall–Kier alpha value is -1.75. The predicted octanol–water partition coefficient (Wildman–Crippen LogP) is 2.04. The summed E-state index contributed by atoms with van der Waals surface area (Å²) in [7, 11) is 1.64. The van der Waals surface area contributed by atoms with Gasteiger partial charge in [0.15, 0.2) is 0 Å². The van der Waals surface area contributed by atoms with Gasteiger partial charge in [0, 0.05) is 18.8 Å². The molecule has 1 N–H and O–H groups in total.